The summed E-state index contributed by atoms with van der Waals surface area (Å²) in [5.74, 6) is 1.26. The number of piperazine rings is 1. The van der Waals surface area contributed by atoms with Crippen LogP contribution in [-0.4, -0.2) is 64.9 Å². The van der Waals surface area contributed by atoms with E-state index in [0.717, 1.165) is 51.7 Å². The van der Waals surface area contributed by atoms with E-state index in [0.29, 0.717) is 30.6 Å². The fraction of sp³-hybridized carbons (Fsp3) is 0.762. The maximum Gasteiger partial charge on any atom is 0.275 e. The SMILES string of the molecule is CC(C)(CN1CCN(C(=O)c2coc(C3CC3)n2)CC1)NC(=O)C1(C)CCC1. The lowest BCUT2D eigenvalue weighted by molar-refractivity contribution is -0.136. The van der Waals surface area contributed by atoms with Crippen LogP contribution in [0.15, 0.2) is 10.7 Å². The fourth-order valence-electron chi connectivity index (χ4n) is 4.17. The van der Waals surface area contributed by atoms with Crippen LogP contribution in [0.2, 0.25) is 0 Å². The molecule has 2 aliphatic carbocycles. The molecule has 7 nitrogen and oxygen atoms in total. The summed E-state index contributed by atoms with van der Waals surface area (Å²) < 4.78 is 5.46. The second kappa shape index (κ2) is 7.17. The molecule has 2 amide bonds. The Morgan fingerprint density at radius 3 is 2.50 bits per heavy atom. The molecule has 1 aliphatic heterocycles. The van der Waals surface area contributed by atoms with Gasteiger partial charge in [-0.3, -0.25) is 14.5 Å². The van der Waals surface area contributed by atoms with Crippen molar-refractivity contribution in [2.45, 2.75) is 64.3 Å². The predicted molar refractivity (Wildman–Crippen MR) is 105 cm³/mol. The molecule has 0 radical (unpaired) electrons. The number of carbonyl (C=O) groups excluding carboxylic acids is 2. The van der Waals surface area contributed by atoms with E-state index in [2.05, 4.69) is 36.0 Å². The third-order valence-corrected chi connectivity index (χ3v) is 6.40. The van der Waals surface area contributed by atoms with E-state index in [9.17, 15) is 9.59 Å². The van der Waals surface area contributed by atoms with Crippen LogP contribution in [0, 0.1) is 5.41 Å². The maximum atomic E-state index is 12.7. The number of hydrogen-bond donors (Lipinski definition) is 1. The van der Waals surface area contributed by atoms with Crippen LogP contribution in [0.5, 0.6) is 0 Å². The summed E-state index contributed by atoms with van der Waals surface area (Å²) in [6.07, 6.45) is 6.84. The van der Waals surface area contributed by atoms with E-state index >= 15 is 0 Å². The van der Waals surface area contributed by atoms with Crippen LogP contribution in [-0.2, 0) is 4.79 Å². The van der Waals surface area contributed by atoms with Crippen LogP contribution in [0.4, 0.5) is 0 Å². The van der Waals surface area contributed by atoms with Crippen molar-refractivity contribution in [1.82, 2.24) is 20.1 Å². The number of hydrogen-bond acceptors (Lipinski definition) is 5. The number of amides is 2. The largest absolute Gasteiger partial charge is 0.448 e. The van der Waals surface area contributed by atoms with Crippen molar-refractivity contribution in [1.29, 1.82) is 0 Å². The van der Waals surface area contributed by atoms with Crippen LogP contribution in [0.1, 0.15) is 75.2 Å². The molecule has 0 unspecified atom stereocenters. The van der Waals surface area contributed by atoms with Crippen molar-refractivity contribution in [2.24, 2.45) is 5.41 Å². The number of rotatable bonds is 6. The zero-order valence-corrected chi connectivity index (χ0v) is 17.3. The summed E-state index contributed by atoms with van der Waals surface area (Å²) >= 11 is 0. The minimum atomic E-state index is -0.285. The summed E-state index contributed by atoms with van der Waals surface area (Å²) in [4.78, 5) is 33.8. The fourth-order valence-corrected chi connectivity index (χ4v) is 4.17. The molecule has 154 valence electrons. The zero-order valence-electron chi connectivity index (χ0n) is 17.3. The van der Waals surface area contributed by atoms with E-state index < -0.39 is 0 Å². The molecule has 0 atom stereocenters. The van der Waals surface area contributed by atoms with E-state index in [1.165, 1.54) is 6.26 Å². The molecule has 0 bridgehead atoms. The number of aromatic nitrogens is 1. The van der Waals surface area contributed by atoms with E-state index in [4.69, 9.17) is 4.42 Å². The van der Waals surface area contributed by atoms with Crippen molar-refractivity contribution in [3.05, 3.63) is 17.8 Å². The molecule has 2 heterocycles. The molecule has 0 aromatic carbocycles. The smallest absolute Gasteiger partial charge is 0.275 e. The first-order chi connectivity index (χ1) is 13.3. The Bertz CT molecular complexity index is 741. The molecular weight excluding hydrogens is 356 g/mol. The monoisotopic (exact) mass is 388 g/mol. The lowest BCUT2D eigenvalue weighted by atomic mass is 9.69. The van der Waals surface area contributed by atoms with Crippen molar-refractivity contribution >= 4 is 11.8 Å². The van der Waals surface area contributed by atoms with Gasteiger partial charge in [0, 0.05) is 49.6 Å². The van der Waals surface area contributed by atoms with Gasteiger partial charge in [0.2, 0.25) is 5.91 Å². The molecule has 2 saturated carbocycles. The van der Waals surface area contributed by atoms with Gasteiger partial charge >= 0.3 is 0 Å². The van der Waals surface area contributed by atoms with Gasteiger partial charge < -0.3 is 14.6 Å². The van der Waals surface area contributed by atoms with Gasteiger partial charge in [-0.2, -0.15) is 0 Å². The minimum absolute atomic E-state index is 0.0410. The number of nitrogens with zero attached hydrogens (tertiary/aromatic N) is 3. The first-order valence-corrected chi connectivity index (χ1v) is 10.6. The summed E-state index contributed by atoms with van der Waals surface area (Å²) in [7, 11) is 0. The molecule has 3 aliphatic rings. The first kappa shape index (κ1) is 19.4. The van der Waals surface area contributed by atoms with Gasteiger partial charge in [-0.1, -0.05) is 13.3 Å². The van der Waals surface area contributed by atoms with Gasteiger partial charge in [-0.25, -0.2) is 4.98 Å². The summed E-state index contributed by atoms with van der Waals surface area (Å²) in [5.41, 5.74) is -0.0383. The second-order valence-corrected chi connectivity index (χ2v) is 9.67. The van der Waals surface area contributed by atoms with Crippen LogP contribution >= 0.6 is 0 Å². The molecule has 4 rings (SSSR count). The second-order valence-electron chi connectivity index (χ2n) is 9.67. The first-order valence-electron chi connectivity index (χ1n) is 10.6. The Balaban J connectivity index is 1.26. The van der Waals surface area contributed by atoms with Crippen molar-refractivity contribution < 1.29 is 14.0 Å². The molecule has 0 spiro atoms. The molecule has 28 heavy (non-hydrogen) atoms. The van der Waals surface area contributed by atoms with Gasteiger partial charge in [-0.15, -0.1) is 0 Å². The summed E-state index contributed by atoms with van der Waals surface area (Å²) in [5, 5.41) is 3.24. The molecule has 3 fully saturated rings. The van der Waals surface area contributed by atoms with Gasteiger partial charge in [0.1, 0.15) is 6.26 Å². The van der Waals surface area contributed by atoms with Gasteiger partial charge in [-0.05, 0) is 39.5 Å². The van der Waals surface area contributed by atoms with Crippen molar-refractivity contribution in [3.63, 3.8) is 0 Å². The molecule has 1 aromatic heterocycles. The van der Waals surface area contributed by atoms with Gasteiger partial charge in [0.25, 0.3) is 5.91 Å². The number of nitrogens with one attached hydrogen (secondary N) is 1. The quantitative estimate of drug-likeness (QED) is 0.810. The Morgan fingerprint density at radius 2 is 1.93 bits per heavy atom. The molecule has 1 saturated heterocycles. The summed E-state index contributed by atoms with van der Waals surface area (Å²) in [6.45, 7) is 9.96. The highest BCUT2D eigenvalue weighted by Crippen LogP contribution is 2.41. The number of carbonyl (C=O) groups is 2. The minimum Gasteiger partial charge on any atom is -0.448 e. The topological polar surface area (TPSA) is 78.7 Å². The molecule has 1 N–H and O–H groups in total. The highest BCUT2D eigenvalue weighted by atomic mass is 16.3. The average Bonchev–Trinajstić information content (AvgIpc) is 3.36. The Morgan fingerprint density at radius 1 is 1.25 bits per heavy atom. The van der Waals surface area contributed by atoms with Crippen LogP contribution < -0.4 is 5.32 Å². The highest BCUT2D eigenvalue weighted by Gasteiger charge is 2.41. The predicted octanol–water partition coefficient (Wildman–Crippen LogP) is 2.39. The molecule has 7 heteroatoms. The third-order valence-electron chi connectivity index (χ3n) is 6.40. The normalized spacial score (nSPS) is 22.6. The molecular formula is C21H32N4O3. The van der Waals surface area contributed by atoms with Gasteiger partial charge in [0.15, 0.2) is 11.6 Å². The Labute approximate surface area is 166 Å². The highest BCUT2D eigenvalue weighted by molar-refractivity contribution is 5.92. The molecule has 1 aromatic rings. The Kier molecular flexibility index (Phi) is 4.98. The van der Waals surface area contributed by atoms with Crippen molar-refractivity contribution in [2.75, 3.05) is 32.7 Å². The van der Waals surface area contributed by atoms with Gasteiger partial charge in [0.05, 0.1) is 0 Å². The number of oxazole rings is 1. The lowest BCUT2D eigenvalue weighted by Gasteiger charge is -2.42. The van der Waals surface area contributed by atoms with E-state index in [-0.39, 0.29) is 22.8 Å². The maximum absolute atomic E-state index is 12.7. The van der Waals surface area contributed by atoms with E-state index in [1.54, 1.807) is 0 Å². The summed E-state index contributed by atoms with van der Waals surface area (Å²) in [6, 6.07) is 0. The van der Waals surface area contributed by atoms with Crippen LogP contribution in [0.25, 0.3) is 0 Å². The Hall–Kier alpha value is -1.89. The zero-order chi connectivity index (χ0) is 19.9. The third kappa shape index (κ3) is 4.09. The van der Waals surface area contributed by atoms with Crippen molar-refractivity contribution in [3.8, 4) is 0 Å². The van der Waals surface area contributed by atoms with E-state index in [1.807, 2.05) is 4.90 Å². The lowest BCUT2D eigenvalue weighted by Crippen LogP contribution is -2.59. The van der Waals surface area contributed by atoms with Crippen LogP contribution in [0.3, 0.4) is 0 Å². The average molecular weight is 389 g/mol. The standard InChI is InChI=1S/C21H32N4O3/c1-20(2,23-19(27)21(3)7-4-8-21)14-24-9-11-25(12-10-24)18(26)16-13-28-17(22-16)15-5-6-15/h13,15H,4-12,14H2,1-3H3,(H,23,27).